The fraction of sp³-hybridized carbons (Fsp3) is 0.417. The SMILES string of the molecule is CCNC(=O)C(CC)N(Cc1ccc(Cl)cc1)C(=O)CN(c1ccc(CC)cc1)S(C)(=O)=O. The summed E-state index contributed by atoms with van der Waals surface area (Å²) >= 11 is 5.98. The third-order valence-corrected chi connectivity index (χ3v) is 6.71. The Morgan fingerprint density at radius 3 is 2.03 bits per heavy atom. The summed E-state index contributed by atoms with van der Waals surface area (Å²) in [6.07, 6.45) is 2.27. The van der Waals surface area contributed by atoms with Crippen LogP contribution < -0.4 is 9.62 Å². The number of benzene rings is 2. The van der Waals surface area contributed by atoms with E-state index < -0.39 is 28.5 Å². The molecule has 9 heteroatoms. The number of anilines is 1. The molecule has 0 aliphatic carbocycles. The molecule has 0 saturated carbocycles. The Hall–Kier alpha value is -2.58. The molecule has 0 fully saturated rings. The number of nitrogens with one attached hydrogen (secondary N) is 1. The van der Waals surface area contributed by atoms with Gasteiger partial charge in [-0.3, -0.25) is 13.9 Å². The molecule has 2 aromatic rings. The van der Waals surface area contributed by atoms with Crippen molar-refractivity contribution in [3.63, 3.8) is 0 Å². The molecular formula is C24H32ClN3O4S. The molecule has 0 radical (unpaired) electrons. The Bertz CT molecular complexity index is 1040. The number of sulfonamides is 1. The van der Waals surface area contributed by atoms with Crippen molar-refractivity contribution < 1.29 is 18.0 Å². The van der Waals surface area contributed by atoms with Gasteiger partial charge in [-0.15, -0.1) is 0 Å². The molecule has 1 unspecified atom stereocenters. The van der Waals surface area contributed by atoms with Gasteiger partial charge in [-0.1, -0.05) is 49.7 Å². The minimum atomic E-state index is -3.74. The Labute approximate surface area is 201 Å². The van der Waals surface area contributed by atoms with Crippen LogP contribution in [0, 0.1) is 0 Å². The zero-order valence-electron chi connectivity index (χ0n) is 19.5. The third kappa shape index (κ3) is 7.47. The van der Waals surface area contributed by atoms with E-state index in [1.54, 1.807) is 43.3 Å². The largest absolute Gasteiger partial charge is 0.355 e. The van der Waals surface area contributed by atoms with Gasteiger partial charge in [-0.25, -0.2) is 8.42 Å². The summed E-state index contributed by atoms with van der Waals surface area (Å²) in [5.74, 6) is -0.742. The molecule has 33 heavy (non-hydrogen) atoms. The van der Waals surface area contributed by atoms with Gasteiger partial charge in [0, 0.05) is 18.1 Å². The number of hydrogen-bond acceptors (Lipinski definition) is 4. The number of carbonyl (C=O) groups excluding carboxylic acids is 2. The third-order valence-electron chi connectivity index (χ3n) is 5.31. The van der Waals surface area contributed by atoms with Crippen LogP contribution in [0.5, 0.6) is 0 Å². The standard InChI is InChI=1S/C24H32ClN3O4S/c1-5-18-10-14-21(15-11-18)28(33(4,31)32)17-23(29)27(22(6-2)24(30)26-7-3)16-19-8-12-20(25)13-9-19/h8-15,22H,5-7,16-17H2,1-4H3,(H,26,30). The highest BCUT2D eigenvalue weighted by Gasteiger charge is 2.31. The smallest absolute Gasteiger partial charge is 0.244 e. The first-order valence-corrected chi connectivity index (χ1v) is 13.2. The van der Waals surface area contributed by atoms with Gasteiger partial charge < -0.3 is 10.2 Å². The number of carbonyl (C=O) groups is 2. The van der Waals surface area contributed by atoms with Gasteiger partial charge in [0.2, 0.25) is 21.8 Å². The minimum absolute atomic E-state index is 0.151. The molecule has 1 N–H and O–H groups in total. The average Bonchev–Trinajstić information content (AvgIpc) is 2.78. The molecule has 0 aliphatic rings. The van der Waals surface area contributed by atoms with Crippen LogP contribution in [-0.2, 0) is 32.6 Å². The van der Waals surface area contributed by atoms with Crippen molar-refractivity contribution in [2.45, 2.75) is 46.2 Å². The molecule has 2 rings (SSSR count). The molecule has 0 saturated heterocycles. The molecule has 2 amide bonds. The maximum atomic E-state index is 13.5. The van der Waals surface area contributed by atoms with Gasteiger partial charge in [0.05, 0.1) is 11.9 Å². The van der Waals surface area contributed by atoms with Crippen molar-refractivity contribution in [1.82, 2.24) is 10.2 Å². The first-order chi connectivity index (χ1) is 15.6. The topological polar surface area (TPSA) is 86.8 Å². The van der Waals surface area contributed by atoms with Crippen molar-refractivity contribution in [3.8, 4) is 0 Å². The Kier molecular flexibility index (Phi) is 9.73. The zero-order chi connectivity index (χ0) is 24.6. The highest BCUT2D eigenvalue weighted by Crippen LogP contribution is 2.21. The van der Waals surface area contributed by atoms with E-state index in [0.717, 1.165) is 28.1 Å². The first-order valence-electron chi connectivity index (χ1n) is 11.0. The number of amides is 2. The van der Waals surface area contributed by atoms with Crippen LogP contribution in [0.1, 0.15) is 38.3 Å². The van der Waals surface area contributed by atoms with E-state index in [9.17, 15) is 18.0 Å². The highest BCUT2D eigenvalue weighted by atomic mass is 35.5. The molecule has 180 valence electrons. The summed E-state index contributed by atoms with van der Waals surface area (Å²) in [5.41, 5.74) is 2.25. The molecule has 0 aromatic heterocycles. The Morgan fingerprint density at radius 2 is 1.55 bits per heavy atom. The second-order valence-electron chi connectivity index (χ2n) is 7.76. The summed E-state index contributed by atoms with van der Waals surface area (Å²) in [7, 11) is -3.74. The summed E-state index contributed by atoms with van der Waals surface area (Å²) in [5, 5.41) is 3.33. The van der Waals surface area contributed by atoms with E-state index in [1.165, 1.54) is 4.90 Å². The lowest BCUT2D eigenvalue weighted by Crippen LogP contribution is -2.52. The highest BCUT2D eigenvalue weighted by molar-refractivity contribution is 7.92. The number of nitrogens with zero attached hydrogens (tertiary/aromatic N) is 2. The maximum absolute atomic E-state index is 13.5. The van der Waals surface area contributed by atoms with E-state index in [0.29, 0.717) is 23.7 Å². The number of hydrogen-bond donors (Lipinski definition) is 1. The summed E-state index contributed by atoms with van der Waals surface area (Å²) in [6.45, 7) is 5.80. The minimum Gasteiger partial charge on any atom is -0.355 e. The van der Waals surface area contributed by atoms with Gasteiger partial charge in [0.1, 0.15) is 12.6 Å². The maximum Gasteiger partial charge on any atom is 0.244 e. The average molecular weight is 494 g/mol. The molecular weight excluding hydrogens is 462 g/mol. The number of aryl methyl sites for hydroxylation is 1. The van der Waals surface area contributed by atoms with Gasteiger partial charge in [-0.05, 0) is 55.2 Å². The monoisotopic (exact) mass is 493 g/mol. The van der Waals surface area contributed by atoms with Crippen LogP contribution in [0.25, 0.3) is 0 Å². The fourth-order valence-corrected chi connectivity index (χ4v) is 4.49. The van der Waals surface area contributed by atoms with Crippen LogP contribution in [-0.4, -0.2) is 50.5 Å². The predicted molar refractivity (Wildman–Crippen MR) is 133 cm³/mol. The second kappa shape index (κ2) is 12.0. The van der Waals surface area contributed by atoms with Gasteiger partial charge in [-0.2, -0.15) is 0 Å². The fourth-order valence-electron chi connectivity index (χ4n) is 3.51. The van der Waals surface area contributed by atoms with Crippen molar-refractivity contribution >= 4 is 39.1 Å². The molecule has 2 aromatic carbocycles. The van der Waals surface area contributed by atoms with Crippen molar-refractivity contribution in [1.29, 1.82) is 0 Å². The quantitative estimate of drug-likeness (QED) is 0.518. The van der Waals surface area contributed by atoms with Crippen molar-refractivity contribution in [2.24, 2.45) is 0 Å². The molecule has 0 heterocycles. The number of rotatable bonds is 11. The molecule has 7 nitrogen and oxygen atoms in total. The number of halogens is 1. The van der Waals surface area contributed by atoms with Crippen LogP contribution in [0.3, 0.4) is 0 Å². The normalized spacial score (nSPS) is 12.2. The summed E-state index contributed by atoms with van der Waals surface area (Å²) in [6, 6.07) is 13.3. The Morgan fingerprint density at radius 1 is 0.970 bits per heavy atom. The molecule has 0 bridgehead atoms. The lowest BCUT2D eigenvalue weighted by molar-refractivity contribution is -0.140. The molecule has 0 spiro atoms. The summed E-state index contributed by atoms with van der Waals surface area (Å²) in [4.78, 5) is 27.7. The molecule has 1 atom stereocenters. The van der Waals surface area contributed by atoms with E-state index in [-0.39, 0.29) is 12.5 Å². The lowest BCUT2D eigenvalue weighted by atomic mass is 10.1. The van der Waals surface area contributed by atoms with E-state index in [1.807, 2.05) is 26.0 Å². The van der Waals surface area contributed by atoms with Gasteiger partial charge in [0.15, 0.2) is 0 Å². The van der Waals surface area contributed by atoms with Crippen molar-refractivity contribution in [2.75, 3.05) is 23.7 Å². The van der Waals surface area contributed by atoms with Crippen LogP contribution in [0.4, 0.5) is 5.69 Å². The van der Waals surface area contributed by atoms with Crippen LogP contribution in [0.2, 0.25) is 5.02 Å². The Balaban J connectivity index is 2.40. The van der Waals surface area contributed by atoms with Crippen molar-refractivity contribution in [3.05, 3.63) is 64.7 Å². The van der Waals surface area contributed by atoms with E-state index in [2.05, 4.69) is 5.32 Å². The van der Waals surface area contributed by atoms with Crippen LogP contribution in [0.15, 0.2) is 48.5 Å². The van der Waals surface area contributed by atoms with Gasteiger partial charge in [0.25, 0.3) is 0 Å². The second-order valence-corrected chi connectivity index (χ2v) is 10.1. The van der Waals surface area contributed by atoms with E-state index in [4.69, 9.17) is 11.6 Å². The lowest BCUT2D eigenvalue weighted by Gasteiger charge is -2.32. The predicted octanol–water partition coefficient (Wildman–Crippen LogP) is 3.61. The number of likely N-dealkylation sites (N-methyl/N-ethyl adjacent to an activating group) is 1. The first kappa shape index (κ1) is 26.7. The van der Waals surface area contributed by atoms with Gasteiger partial charge >= 0.3 is 0 Å². The zero-order valence-corrected chi connectivity index (χ0v) is 21.1. The van der Waals surface area contributed by atoms with E-state index >= 15 is 0 Å². The van der Waals surface area contributed by atoms with Crippen LogP contribution >= 0.6 is 11.6 Å². The molecule has 0 aliphatic heterocycles. The summed E-state index contributed by atoms with van der Waals surface area (Å²) < 4.78 is 26.2.